The number of nitrogens with zero attached hydrogens (tertiary/aromatic N) is 4. The van der Waals surface area contributed by atoms with Gasteiger partial charge >= 0.3 is 0 Å². The summed E-state index contributed by atoms with van der Waals surface area (Å²) in [6, 6.07) is 3.87. The fourth-order valence-corrected chi connectivity index (χ4v) is 3.56. The van der Waals surface area contributed by atoms with E-state index in [4.69, 9.17) is 4.42 Å². The maximum atomic E-state index is 12.7. The van der Waals surface area contributed by atoms with Gasteiger partial charge < -0.3 is 14.4 Å². The topological polar surface area (TPSA) is 82.7 Å². The van der Waals surface area contributed by atoms with Crippen LogP contribution in [0.25, 0.3) is 10.8 Å². The zero-order valence-corrected chi connectivity index (χ0v) is 15.2. The number of thiophene rings is 1. The zero-order chi connectivity index (χ0) is 17.6. The highest BCUT2D eigenvalue weighted by molar-refractivity contribution is 7.13. The van der Waals surface area contributed by atoms with Crippen LogP contribution in [0, 0.1) is 0 Å². The number of aliphatic hydroxyl groups is 1. The first kappa shape index (κ1) is 18.0. The van der Waals surface area contributed by atoms with Crippen LogP contribution in [0.1, 0.15) is 32.1 Å². The summed E-state index contributed by atoms with van der Waals surface area (Å²) in [6.45, 7) is 4.93. The van der Waals surface area contributed by atoms with Crippen LogP contribution in [0.15, 0.2) is 21.9 Å². The van der Waals surface area contributed by atoms with Crippen molar-refractivity contribution in [3.05, 3.63) is 23.4 Å². The molecule has 0 saturated carbocycles. The number of likely N-dealkylation sites (tertiary alicyclic amines) is 1. The molecule has 136 valence electrons. The quantitative estimate of drug-likeness (QED) is 0.809. The Morgan fingerprint density at radius 3 is 2.92 bits per heavy atom. The Kier molecular flexibility index (Phi) is 6.17. The molecule has 8 heteroatoms. The van der Waals surface area contributed by atoms with E-state index in [2.05, 4.69) is 15.1 Å². The molecule has 1 N–H and O–H groups in total. The summed E-state index contributed by atoms with van der Waals surface area (Å²) >= 11 is 1.54. The predicted octanol–water partition coefficient (Wildman–Crippen LogP) is 1.99. The van der Waals surface area contributed by atoms with E-state index in [-0.39, 0.29) is 12.0 Å². The second-order valence-electron chi connectivity index (χ2n) is 6.30. The number of hydrogen-bond acceptors (Lipinski definition) is 7. The molecule has 3 rings (SSSR count). The molecule has 1 fully saturated rings. The minimum Gasteiger partial charge on any atom is -0.418 e. The molecule has 1 saturated heterocycles. The number of carbonyl (C=O) groups is 1. The molecule has 1 aliphatic rings. The Bertz CT molecular complexity index is 665. The summed E-state index contributed by atoms with van der Waals surface area (Å²) < 4.78 is 5.71. The summed E-state index contributed by atoms with van der Waals surface area (Å²) in [5, 5.41) is 19.7. The molecular formula is C17H24N4O3S. The third-order valence-corrected chi connectivity index (χ3v) is 5.14. The fraction of sp³-hybridized carbons (Fsp3) is 0.588. The third-order valence-electron chi connectivity index (χ3n) is 4.29. The number of piperidine rings is 1. The molecule has 2 aromatic heterocycles. The van der Waals surface area contributed by atoms with Crippen LogP contribution in [-0.4, -0.2) is 63.3 Å². The van der Waals surface area contributed by atoms with Gasteiger partial charge in [-0.25, -0.2) is 0 Å². The number of carbonyl (C=O) groups excluding carboxylic acids is 1. The first-order valence-electron chi connectivity index (χ1n) is 8.70. The number of aliphatic hydroxyl groups excluding tert-OH is 1. The zero-order valence-electron chi connectivity index (χ0n) is 14.4. The highest BCUT2D eigenvalue weighted by Crippen LogP contribution is 2.23. The lowest BCUT2D eigenvalue weighted by Crippen LogP contribution is -2.44. The lowest BCUT2D eigenvalue weighted by molar-refractivity contribution is -0.134. The van der Waals surface area contributed by atoms with Crippen LogP contribution in [0.3, 0.4) is 0 Å². The molecule has 0 bridgehead atoms. The number of hydrogen-bond donors (Lipinski definition) is 1. The van der Waals surface area contributed by atoms with Gasteiger partial charge in [0.2, 0.25) is 11.8 Å². The van der Waals surface area contributed by atoms with Crippen molar-refractivity contribution in [2.75, 3.05) is 26.2 Å². The van der Waals surface area contributed by atoms with Crippen molar-refractivity contribution in [3.63, 3.8) is 0 Å². The van der Waals surface area contributed by atoms with Crippen LogP contribution in [-0.2, 0) is 11.3 Å². The van der Waals surface area contributed by atoms with Crippen LogP contribution in [0.2, 0.25) is 0 Å². The molecule has 0 aromatic carbocycles. The average Bonchev–Trinajstić information content (AvgIpc) is 3.27. The highest BCUT2D eigenvalue weighted by Gasteiger charge is 2.23. The van der Waals surface area contributed by atoms with Crippen LogP contribution < -0.4 is 0 Å². The van der Waals surface area contributed by atoms with Crippen molar-refractivity contribution in [3.8, 4) is 10.8 Å². The monoisotopic (exact) mass is 364 g/mol. The van der Waals surface area contributed by atoms with Crippen molar-refractivity contribution in [1.82, 2.24) is 20.0 Å². The molecule has 3 heterocycles. The molecule has 1 aliphatic heterocycles. The third kappa shape index (κ3) is 4.87. The Labute approximate surface area is 151 Å². The summed E-state index contributed by atoms with van der Waals surface area (Å²) in [4.78, 5) is 17.5. The van der Waals surface area contributed by atoms with Crippen molar-refractivity contribution in [1.29, 1.82) is 0 Å². The van der Waals surface area contributed by atoms with Gasteiger partial charge in [0.05, 0.1) is 24.1 Å². The number of aromatic nitrogens is 2. The molecule has 0 spiro atoms. The van der Waals surface area contributed by atoms with Crippen LogP contribution >= 0.6 is 11.3 Å². The summed E-state index contributed by atoms with van der Waals surface area (Å²) in [6.07, 6.45) is 2.10. The summed E-state index contributed by atoms with van der Waals surface area (Å²) in [5.41, 5.74) is 0. The van der Waals surface area contributed by atoms with Gasteiger partial charge in [-0.3, -0.25) is 9.69 Å². The van der Waals surface area contributed by atoms with Gasteiger partial charge in [-0.05, 0) is 30.7 Å². The van der Waals surface area contributed by atoms with Crippen LogP contribution in [0.4, 0.5) is 0 Å². The van der Waals surface area contributed by atoms with Crippen molar-refractivity contribution in [2.24, 2.45) is 0 Å². The Morgan fingerprint density at radius 1 is 1.44 bits per heavy atom. The van der Waals surface area contributed by atoms with E-state index in [1.54, 1.807) is 16.2 Å². The van der Waals surface area contributed by atoms with Gasteiger partial charge in [0.1, 0.15) is 0 Å². The molecule has 7 nitrogen and oxygen atoms in total. The van der Waals surface area contributed by atoms with Gasteiger partial charge in [0, 0.05) is 19.6 Å². The van der Waals surface area contributed by atoms with Crippen molar-refractivity contribution < 1.29 is 14.3 Å². The average molecular weight is 364 g/mol. The molecule has 0 aliphatic carbocycles. The van der Waals surface area contributed by atoms with E-state index in [1.807, 2.05) is 24.4 Å². The predicted molar refractivity (Wildman–Crippen MR) is 95.0 cm³/mol. The maximum Gasteiger partial charge on any atom is 0.257 e. The molecule has 1 amide bonds. The van der Waals surface area contributed by atoms with Gasteiger partial charge in [-0.15, -0.1) is 21.5 Å². The molecular weight excluding hydrogens is 340 g/mol. The molecule has 0 atom stereocenters. The Morgan fingerprint density at radius 2 is 2.24 bits per heavy atom. The lowest BCUT2D eigenvalue weighted by Gasteiger charge is -2.31. The smallest absolute Gasteiger partial charge is 0.257 e. The maximum absolute atomic E-state index is 12.7. The fourth-order valence-electron chi connectivity index (χ4n) is 2.91. The Balaban J connectivity index is 1.59. The van der Waals surface area contributed by atoms with E-state index >= 15 is 0 Å². The second kappa shape index (κ2) is 8.55. The number of amides is 1. The Hall–Kier alpha value is -1.77. The van der Waals surface area contributed by atoms with Crippen molar-refractivity contribution >= 4 is 17.2 Å². The van der Waals surface area contributed by atoms with Crippen LogP contribution in [0.5, 0.6) is 0 Å². The standard InChI is InChI=1S/C17H24N4O3S/c1-2-7-21(16(23)12-20-8-5-13(22)6-9-20)11-15-18-19-17(24-15)14-4-3-10-25-14/h3-4,10,13,22H,2,5-9,11-12H2,1H3. The SMILES string of the molecule is CCCN(Cc1nnc(-c2cccs2)o1)C(=O)CN1CCC(O)CC1. The molecule has 0 unspecified atom stereocenters. The van der Waals surface area contributed by atoms with E-state index in [9.17, 15) is 9.90 Å². The van der Waals surface area contributed by atoms with Gasteiger partial charge in [-0.1, -0.05) is 13.0 Å². The summed E-state index contributed by atoms with van der Waals surface area (Å²) in [5.74, 6) is 1.02. The minimum atomic E-state index is -0.229. The van der Waals surface area contributed by atoms with E-state index in [0.717, 1.165) is 37.2 Å². The second-order valence-corrected chi connectivity index (χ2v) is 7.25. The van der Waals surface area contributed by atoms with E-state index in [1.165, 1.54) is 0 Å². The lowest BCUT2D eigenvalue weighted by atomic mass is 10.1. The first-order chi connectivity index (χ1) is 12.2. The minimum absolute atomic E-state index is 0.0640. The van der Waals surface area contributed by atoms with E-state index in [0.29, 0.717) is 31.4 Å². The molecule has 0 radical (unpaired) electrons. The number of rotatable bonds is 7. The van der Waals surface area contributed by atoms with Gasteiger partial charge in [0.15, 0.2) is 0 Å². The van der Waals surface area contributed by atoms with Gasteiger partial charge in [0.25, 0.3) is 5.89 Å². The largest absolute Gasteiger partial charge is 0.418 e. The van der Waals surface area contributed by atoms with Crippen molar-refractivity contribution in [2.45, 2.75) is 38.8 Å². The normalized spacial score (nSPS) is 16.2. The molecule has 25 heavy (non-hydrogen) atoms. The van der Waals surface area contributed by atoms with E-state index < -0.39 is 0 Å². The first-order valence-corrected chi connectivity index (χ1v) is 9.58. The molecule has 2 aromatic rings. The summed E-state index contributed by atoms with van der Waals surface area (Å²) in [7, 11) is 0. The van der Waals surface area contributed by atoms with Gasteiger partial charge in [-0.2, -0.15) is 0 Å². The highest BCUT2D eigenvalue weighted by atomic mass is 32.1.